The van der Waals surface area contributed by atoms with Crippen LogP contribution in [0.2, 0.25) is 0 Å². The minimum absolute atomic E-state index is 0.0987. The van der Waals surface area contributed by atoms with Crippen LogP contribution >= 0.6 is 0 Å². The molecular formula is C15H21NO. The van der Waals surface area contributed by atoms with Gasteiger partial charge in [-0.15, -0.1) is 6.58 Å². The first-order valence-corrected chi connectivity index (χ1v) is 6.19. The second-order valence-corrected chi connectivity index (χ2v) is 5.14. The average molecular weight is 231 g/mol. The van der Waals surface area contributed by atoms with Gasteiger partial charge in [-0.3, -0.25) is 0 Å². The minimum atomic E-state index is 0.0987. The Morgan fingerprint density at radius 3 is 2.94 bits per heavy atom. The van der Waals surface area contributed by atoms with Crippen molar-refractivity contribution in [3.05, 3.63) is 42.5 Å². The zero-order valence-corrected chi connectivity index (χ0v) is 10.7. The molecule has 0 aliphatic carbocycles. The van der Waals surface area contributed by atoms with E-state index in [0.29, 0.717) is 0 Å². The Morgan fingerprint density at radius 2 is 2.29 bits per heavy atom. The second-order valence-electron chi connectivity index (χ2n) is 5.14. The molecule has 2 rings (SSSR count). The number of hydrogen-bond acceptors (Lipinski definition) is 2. The molecule has 1 heterocycles. The Morgan fingerprint density at radius 1 is 1.53 bits per heavy atom. The van der Waals surface area contributed by atoms with Crippen LogP contribution in [0.25, 0.3) is 0 Å². The van der Waals surface area contributed by atoms with E-state index in [1.165, 1.54) is 5.56 Å². The predicted molar refractivity (Wildman–Crippen MR) is 71.4 cm³/mol. The predicted octanol–water partition coefficient (Wildman–Crippen LogP) is 2.79. The molecule has 2 unspecified atom stereocenters. The summed E-state index contributed by atoms with van der Waals surface area (Å²) in [5.74, 6) is 1.05. The van der Waals surface area contributed by atoms with Gasteiger partial charge in [0, 0.05) is 18.4 Å². The van der Waals surface area contributed by atoms with E-state index in [2.05, 4.69) is 37.0 Å². The number of nitrogens with one attached hydrogen (secondary N) is 1. The van der Waals surface area contributed by atoms with E-state index in [-0.39, 0.29) is 11.5 Å². The van der Waals surface area contributed by atoms with Crippen LogP contribution in [0.4, 0.5) is 0 Å². The summed E-state index contributed by atoms with van der Waals surface area (Å²) in [7, 11) is 1.98. The summed E-state index contributed by atoms with van der Waals surface area (Å²) in [5.41, 5.74) is 1.43. The van der Waals surface area contributed by atoms with Gasteiger partial charge in [0.05, 0.1) is 0 Å². The van der Waals surface area contributed by atoms with Crippen molar-refractivity contribution >= 4 is 0 Å². The highest BCUT2D eigenvalue weighted by atomic mass is 16.5. The molecule has 0 fully saturated rings. The quantitative estimate of drug-likeness (QED) is 0.787. The number of rotatable bonds is 5. The maximum absolute atomic E-state index is 5.98. The molecular weight excluding hydrogens is 210 g/mol. The lowest BCUT2D eigenvalue weighted by molar-refractivity contribution is 0.171. The van der Waals surface area contributed by atoms with Crippen molar-refractivity contribution < 1.29 is 4.74 Å². The first-order valence-electron chi connectivity index (χ1n) is 6.19. The average Bonchev–Trinajstić information content (AvgIpc) is 2.71. The Labute approximate surface area is 104 Å². The molecule has 0 spiro atoms. The molecule has 2 heteroatoms. The number of benzene rings is 1. The fraction of sp³-hybridized carbons (Fsp3) is 0.467. The van der Waals surface area contributed by atoms with Crippen LogP contribution in [-0.2, 0) is 6.42 Å². The van der Waals surface area contributed by atoms with Crippen molar-refractivity contribution in [2.75, 3.05) is 13.6 Å². The van der Waals surface area contributed by atoms with E-state index in [1.807, 2.05) is 19.2 Å². The third-order valence-corrected chi connectivity index (χ3v) is 3.48. The highest BCUT2D eigenvalue weighted by molar-refractivity contribution is 5.37. The molecule has 1 aliphatic rings. The number of para-hydroxylation sites is 1. The summed E-state index contributed by atoms with van der Waals surface area (Å²) in [6.07, 6.45) is 4.34. The molecule has 0 amide bonds. The maximum atomic E-state index is 5.98. The summed E-state index contributed by atoms with van der Waals surface area (Å²) >= 11 is 0. The van der Waals surface area contributed by atoms with Gasteiger partial charge in [-0.2, -0.15) is 0 Å². The molecule has 0 saturated carbocycles. The van der Waals surface area contributed by atoms with Crippen LogP contribution < -0.4 is 10.1 Å². The zero-order valence-electron chi connectivity index (χ0n) is 10.7. The standard InChI is InChI=1S/C15H21NO/c1-4-15(2,11-16-3)10-13-9-12-7-5-6-8-14(12)17-13/h4-8,13,16H,1,9-11H2,2-3H3. The molecule has 17 heavy (non-hydrogen) atoms. The van der Waals surface area contributed by atoms with Crippen molar-refractivity contribution in [2.45, 2.75) is 25.9 Å². The van der Waals surface area contributed by atoms with E-state index in [9.17, 15) is 0 Å². The Bertz CT molecular complexity index is 377. The van der Waals surface area contributed by atoms with Gasteiger partial charge < -0.3 is 10.1 Å². The SMILES string of the molecule is C=CC(C)(CNC)CC1Cc2ccccc2O1. The lowest BCUT2D eigenvalue weighted by atomic mass is 9.83. The highest BCUT2D eigenvalue weighted by Gasteiger charge is 2.30. The molecule has 0 radical (unpaired) electrons. The monoisotopic (exact) mass is 231 g/mol. The molecule has 1 aromatic carbocycles. The van der Waals surface area contributed by atoms with E-state index in [0.717, 1.165) is 25.1 Å². The van der Waals surface area contributed by atoms with Crippen molar-refractivity contribution in [1.29, 1.82) is 0 Å². The largest absolute Gasteiger partial charge is 0.490 e. The van der Waals surface area contributed by atoms with Crippen LogP contribution in [0.1, 0.15) is 18.9 Å². The Kier molecular flexibility index (Phi) is 3.53. The summed E-state index contributed by atoms with van der Waals surface area (Å²) in [5, 5.41) is 3.23. The van der Waals surface area contributed by atoms with Crippen LogP contribution in [-0.4, -0.2) is 19.7 Å². The third-order valence-electron chi connectivity index (χ3n) is 3.48. The molecule has 0 aromatic heterocycles. The molecule has 1 N–H and O–H groups in total. The van der Waals surface area contributed by atoms with E-state index in [4.69, 9.17) is 4.74 Å². The van der Waals surface area contributed by atoms with Gasteiger partial charge in [0.2, 0.25) is 0 Å². The third kappa shape index (κ3) is 2.70. The second kappa shape index (κ2) is 4.92. The van der Waals surface area contributed by atoms with E-state index in [1.54, 1.807) is 0 Å². The maximum Gasteiger partial charge on any atom is 0.123 e. The molecule has 1 aromatic rings. The van der Waals surface area contributed by atoms with Crippen molar-refractivity contribution in [3.63, 3.8) is 0 Å². The van der Waals surface area contributed by atoms with Gasteiger partial charge in [0.15, 0.2) is 0 Å². The lowest BCUT2D eigenvalue weighted by Crippen LogP contribution is -2.33. The first kappa shape index (κ1) is 12.2. The molecule has 0 bridgehead atoms. The highest BCUT2D eigenvalue weighted by Crippen LogP contribution is 2.34. The first-order chi connectivity index (χ1) is 8.17. The molecule has 92 valence electrons. The molecule has 2 nitrogen and oxygen atoms in total. The molecule has 2 atom stereocenters. The lowest BCUT2D eigenvalue weighted by Gasteiger charge is -2.28. The van der Waals surface area contributed by atoms with Crippen molar-refractivity contribution in [1.82, 2.24) is 5.32 Å². The Hall–Kier alpha value is -1.28. The van der Waals surface area contributed by atoms with Gasteiger partial charge in [0.25, 0.3) is 0 Å². The number of ether oxygens (including phenoxy) is 1. The number of hydrogen-bond donors (Lipinski definition) is 1. The minimum Gasteiger partial charge on any atom is -0.490 e. The number of fused-ring (bicyclic) bond motifs is 1. The Balaban J connectivity index is 2.01. The van der Waals surface area contributed by atoms with Gasteiger partial charge in [0.1, 0.15) is 11.9 Å². The van der Waals surface area contributed by atoms with Gasteiger partial charge in [-0.1, -0.05) is 31.2 Å². The molecule has 1 aliphatic heterocycles. The van der Waals surface area contributed by atoms with E-state index < -0.39 is 0 Å². The van der Waals surface area contributed by atoms with Crippen molar-refractivity contribution in [2.24, 2.45) is 5.41 Å². The van der Waals surface area contributed by atoms with Gasteiger partial charge >= 0.3 is 0 Å². The van der Waals surface area contributed by atoms with Gasteiger partial charge in [-0.05, 0) is 25.1 Å². The topological polar surface area (TPSA) is 21.3 Å². The van der Waals surface area contributed by atoms with Crippen LogP contribution in [0.15, 0.2) is 36.9 Å². The summed E-state index contributed by atoms with van der Waals surface area (Å²) in [6, 6.07) is 8.31. The fourth-order valence-corrected chi connectivity index (χ4v) is 2.52. The summed E-state index contributed by atoms with van der Waals surface area (Å²) < 4.78 is 5.98. The van der Waals surface area contributed by atoms with Crippen LogP contribution in [0, 0.1) is 5.41 Å². The van der Waals surface area contributed by atoms with Crippen LogP contribution in [0.3, 0.4) is 0 Å². The van der Waals surface area contributed by atoms with Crippen molar-refractivity contribution in [3.8, 4) is 5.75 Å². The van der Waals surface area contributed by atoms with Gasteiger partial charge in [-0.25, -0.2) is 0 Å². The zero-order chi connectivity index (χ0) is 12.3. The summed E-state index contributed by atoms with van der Waals surface area (Å²) in [4.78, 5) is 0. The van der Waals surface area contributed by atoms with E-state index >= 15 is 0 Å². The molecule has 0 saturated heterocycles. The van der Waals surface area contributed by atoms with Crippen LogP contribution in [0.5, 0.6) is 5.75 Å². The fourth-order valence-electron chi connectivity index (χ4n) is 2.52. The summed E-state index contributed by atoms with van der Waals surface area (Å²) in [6.45, 7) is 7.11. The normalized spacial score (nSPS) is 21.4. The smallest absolute Gasteiger partial charge is 0.123 e.